The smallest absolute Gasteiger partial charge is 0.407 e. The van der Waals surface area contributed by atoms with E-state index in [1.807, 2.05) is 13.8 Å². The Labute approximate surface area is 196 Å². The van der Waals surface area contributed by atoms with Crippen molar-refractivity contribution in [1.82, 2.24) is 20.4 Å². The number of aromatic nitrogens is 2. The Bertz CT molecular complexity index is 876. The zero-order valence-corrected chi connectivity index (χ0v) is 20.5. The van der Waals surface area contributed by atoms with Gasteiger partial charge in [-0.05, 0) is 81.6 Å². The van der Waals surface area contributed by atoms with Crippen molar-refractivity contribution >= 4 is 18.2 Å². The maximum absolute atomic E-state index is 13.4. The molecule has 0 spiro atoms. The van der Waals surface area contributed by atoms with E-state index in [1.165, 1.54) is 39.2 Å². The van der Waals surface area contributed by atoms with Gasteiger partial charge in [-0.2, -0.15) is 5.10 Å². The van der Waals surface area contributed by atoms with Crippen LogP contribution in [-0.4, -0.2) is 47.1 Å². The fraction of sp³-hybridized carbons (Fsp3) is 0.720. The summed E-state index contributed by atoms with van der Waals surface area (Å²) >= 11 is 0. The molecule has 0 saturated heterocycles. The molecule has 4 aliphatic rings. The maximum Gasteiger partial charge on any atom is 0.407 e. The average Bonchev–Trinajstić information content (AvgIpc) is 3.15. The molecule has 0 unspecified atom stereocenters. The zero-order valence-electron chi connectivity index (χ0n) is 20.5. The van der Waals surface area contributed by atoms with Gasteiger partial charge >= 0.3 is 6.09 Å². The van der Waals surface area contributed by atoms with Gasteiger partial charge in [0.05, 0.1) is 25.5 Å². The van der Waals surface area contributed by atoms with Gasteiger partial charge in [-0.1, -0.05) is 13.8 Å². The second-order valence-electron chi connectivity index (χ2n) is 11.1. The Hall–Kier alpha value is -2.51. The number of hydrogen-bond donors (Lipinski definition) is 2. The molecule has 0 radical (unpaired) electrons. The lowest BCUT2D eigenvalue weighted by molar-refractivity contribution is -0.0120. The monoisotopic (exact) mass is 458 g/mol. The SMILES string of the molecule is COC(=O)NC(C)(C)C=Cn1ncc(C(=O)NC2C3CC4CC(C3)CC2C4)c1OCC(C)C. The van der Waals surface area contributed by atoms with Crippen molar-refractivity contribution in [1.29, 1.82) is 0 Å². The van der Waals surface area contributed by atoms with Crippen molar-refractivity contribution in [3.05, 3.63) is 17.8 Å². The van der Waals surface area contributed by atoms with E-state index in [0.29, 0.717) is 35.8 Å². The predicted molar refractivity (Wildman–Crippen MR) is 126 cm³/mol. The summed E-state index contributed by atoms with van der Waals surface area (Å²) in [6, 6.07) is 0.255. The first-order chi connectivity index (χ1) is 15.6. The average molecular weight is 459 g/mol. The van der Waals surface area contributed by atoms with Gasteiger partial charge < -0.3 is 20.1 Å². The Balaban J connectivity index is 1.51. The molecular weight excluding hydrogens is 420 g/mol. The van der Waals surface area contributed by atoms with Crippen LogP contribution in [0, 0.1) is 29.6 Å². The fourth-order valence-electron chi connectivity index (χ4n) is 6.01. The standard InChI is InChI=1S/C25H38N4O4/c1-15(2)14-33-23-20(13-26-29(23)7-6-25(3,4)28-24(31)32-5)22(30)27-21-18-9-16-8-17(11-18)12-19(21)10-16/h6-7,13,15-19,21H,8-12,14H2,1-5H3,(H,27,30)(H,28,31). The Morgan fingerprint density at radius 2 is 1.82 bits per heavy atom. The maximum atomic E-state index is 13.4. The molecule has 0 aliphatic heterocycles. The van der Waals surface area contributed by atoms with Crippen LogP contribution < -0.4 is 15.4 Å². The molecular formula is C25H38N4O4. The lowest BCUT2D eigenvalue weighted by atomic mass is 9.54. The molecule has 1 aromatic heterocycles. The molecule has 4 aliphatic carbocycles. The van der Waals surface area contributed by atoms with E-state index < -0.39 is 11.6 Å². The Kier molecular flexibility index (Phi) is 6.73. The lowest BCUT2D eigenvalue weighted by Gasteiger charge is -2.54. The van der Waals surface area contributed by atoms with E-state index >= 15 is 0 Å². The molecule has 4 fully saturated rings. The number of nitrogens with one attached hydrogen (secondary N) is 2. The number of amides is 2. The first-order valence-corrected chi connectivity index (χ1v) is 12.2. The summed E-state index contributed by atoms with van der Waals surface area (Å²) in [5.41, 5.74) is -0.218. The van der Waals surface area contributed by atoms with Gasteiger partial charge in [0, 0.05) is 12.2 Å². The third kappa shape index (κ3) is 5.36. The molecule has 8 heteroatoms. The summed E-state index contributed by atoms with van der Waals surface area (Å²) in [6.07, 6.45) is 10.9. The van der Waals surface area contributed by atoms with Crippen molar-refractivity contribution in [2.75, 3.05) is 13.7 Å². The van der Waals surface area contributed by atoms with Gasteiger partial charge in [0.2, 0.25) is 5.88 Å². The number of methoxy groups -OCH3 is 1. The van der Waals surface area contributed by atoms with E-state index in [1.54, 1.807) is 23.2 Å². The van der Waals surface area contributed by atoms with Crippen LogP contribution in [0.5, 0.6) is 5.88 Å². The molecule has 1 aromatic rings. The number of nitrogens with zero attached hydrogens (tertiary/aromatic N) is 2. The van der Waals surface area contributed by atoms with Gasteiger partial charge in [0.1, 0.15) is 5.56 Å². The molecule has 1 heterocycles. The van der Waals surface area contributed by atoms with Crippen LogP contribution in [0.25, 0.3) is 6.20 Å². The van der Waals surface area contributed by atoms with Gasteiger partial charge in [0.15, 0.2) is 0 Å². The fourth-order valence-corrected chi connectivity index (χ4v) is 6.01. The zero-order chi connectivity index (χ0) is 23.8. The van der Waals surface area contributed by atoms with Crippen LogP contribution in [0.15, 0.2) is 12.3 Å². The Morgan fingerprint density at radius 3 is 2.39 bits per heavy atom. The van der Waals surface area contributed by atoms with Crippen LogP contribution in [0.2, 0.25) is 0 Å². The second-order valence-corrected chi connectivity index (χ2v) is 11.1. The highest BCUT2D eigenvalue weighted by atomic mass is 16.5. The van der Waals surface area contributed by atoms with Gasteiger partial charge in [-0.15, -0.1) is 0 Å². The molecule has 4 saturated carbocycles. The van der Waals surface area contributed by atoms with Gasteiger partial charge in [-0.25, -0.2) is 9.48 Å². The van der Waals surface area contributed by atoms with Crippen LogP contribution in [0.1, 0.15) is 70.2 Å². The Morgan fingerprint density at radius 1 is 1.18 bits per heavy atom. The number of carbonyl (C=O) groups is 2. The van der Waals surface area contributed by atoms with Crippen molar-refractivity contribution in [3.63, 3.8) is 0 Å². The quantitative estimate of drug-likeness (QED) is 0.612. The summed E-state index contributed by atoms with van der Waals surface area (Å²) in [5.74, 6) is 3.54. The van der Waals surface area contributed by atoms with Crippen LogP contribution >= 0.6 is 0 Å². The summed E-state index contributed by atoms with van der Waals surface area (Å²) in [6.45, 7) is 8.29. The molecule has 33 heavy (non-hydrogen) atoms. The third-order valence-corrected chi connectivity index (χ3v) is 7.31. The molecule has 2 N–H and O–H groups in total. The van der Waals surface area contributed by atoms with E-state index in [9.17, 15) is 9.59 Å². The first-order valence-electron chi connectivity index (χ1n) is 12.2. The normalized spacial score (nSPS) is 28.4. The minimum Gasteiger partial charge on any atom is -0.477 e. The van der Waals surface area contributed by atoms with Gasteiger partial charge in [0.25, 0.3) is 5.91 Å². The molecule has 0 atom stereocenters. The highest BCUT2D eigenvalue weighted by molar-refractivity contribution is 5.96. The highest BCUT2D eigenvalue weighted by Gasteiger charge is 2.48. The topological polar surface area (TPSA) is 94.5 Å². The highest BCUT2D eigenvalue weighted by Crippen LogP contribution is 2.53. The molecule has 182 valence electrons. The molecule has 2 amide bonds. The van der Waals surface area contributed by atoms with E-state index in [0.717, 1.165) is 11.8 Å². The summed E-state index contributed by atoms with van der Waals surface area (Å²) in [7, 11) is 1.33. The summed E-state index contributed by atoms with van der Waals surface area (Å²) in [4.78, 5) is 25.0. The minimum absolute atomic E-state index is 0.113. The van der Waals surface area contributed by atoms with E-state index in [2.05, 4.69) is 29.6 Å². The van der Waals surface area contributed by atoms with Crippen LogP contribution in [0.3, 0.4) is 0 Å². The summed E-state index contributed by atoms with van der Waals surface area (Å²) in [5, 5.41) is 10.5. The van der Waals surface area contributed by atoms with E-state index in [-0.39, 0.29) is 11.9 Å². The number of rotatable bonds is 8. The van der Waals surface area contributed by atoms with Crippen molar-refractivity contribution in [3.8, 4) is 5.88 Å². The first kappa shape index (κ1) is 23.6. The predicted octanol–water partition coefficient (Wildman–Crippen LogP) is 4.08. The lowest BCUT2D eigenvalue weighted by Crippen LogP contribution is -2.55. The molecule has 0 aromatic carbocycles. The van der Waals surface area contributed by atoms with Crippen molar-refractivity contribution < 1.29 is 19.1 Å². The van der Waals surface area contributed by atoms with Crippen molar-refractivity contribution in [2.24, 2.45) is 29.6 Å². The number of ether oxygens (including phenoxy) is 2. The van der Waals surface area contributed by atoms with Gasteiger partial charge in [-0.3, -0.25) is 4.79 Å². The third-order valence-electron chi connectivity index (χ3n) is 7.31. The second kappa shape index (κ2) is 9.39. The minimum atomic E-state index is -0.669. The summed E-state index contributed by atoms with van der Waals surface area (Å²) < 4.78 is 12.3. The van der Waals surface area contributed by atoms with E-state index in [4.69, 9.17) is 9.47 Å². The van der Waals surface area contributed by atoms with Crippen molar-refractivity contribution in [2.45, 2.75) is 71.4 Å². The van der Waals surface area contributed by atoms with Crippen LogP contribution in [0.4, 0.5) is 4.79 Å². The molecule has 8 nitrogen and oxygen atoms in total. The van der Waals surface area contributed by atoms with Crippen LogP contribution in [-0.2, 0) is 4.74 Å². The molecule has 5 rings (SSSR count). The number of hydrogen-bond acceptors (Lipinski definition) is 5. The number of alkyl carbamates (subject to hydrolysis) is 1. The molecule has 4 bridgehead atoms. The largest absolute Gasteiger partial charge is 0.477 e. The number of carbonyl (C=O) groups excluding carboxylic acids is 2.